The van der Waals surface area contributed by atoms with E-state index in [1.54, 1.807) is 18.8 Å². The molecule has 0 N–H and O–H groups in total. The molecule has 5 nitrogen and oxygen atoms in total. The van der Waals surface area contributed by atoms with Crippen molar-refractivity contribution in [2.24, 2.45) is 18.9 Å². The molecule has 0 spiro atoms. The van der Waals surface area contributed by atoms with Gasteiger partial charge in [0.1, 0.15) is 4.47 Å². The first-order valence-electron chi connectivity index (χ1n) is 6.49. The SMILES string of the molecule is COc1c(Br)c(C(=O)N2C[C@H](C)C[C@H](C)C2)nn1C. The normalized spacial score (nSPS) is 23.5. The molecule has 0 unspecified atom stereocenters. The highest BCUT2D eigenvalue weighted by atomic mass is 79.9. The van der Waals surface area contributed by atoms with Gasteiger partial charge in [-0.2, -0.15) is 5.10 Å². The fourth-order valence-corrected chi connectivity index (χ4v) is 3.49. The quantitative estimate of drug-likeness (QED) is 0.836. The van der Waals surface area contributed by atoms with Gasteiger partial charge in [0.2, 0.25) is 5.88 Å². The number of aromatic nitrogens is 2. The minimum absolute atomic E-state index is 0.0239. The summed E-state index contributed by atoms with van der Waals surface area (Å²) in [5.74, 6) is 1.62. The molecule has 1 aliphatic rings. The second-order valence-electron chi connectivity index (χ2n) is 5.45. The molecule has 1 aromatic rings. The van der Waals surface area contributed by atoms with Gasteiger partial charge >= 0.3 is 0 Å². The zero-order valence-corrected chi connectivity index (χ0v) is 13.4. The van der Waals surface area contributed by atoms with E-state index in [0.717, 1.165) is 13.1 Å². The molecular formula is C13H20BrN3O2. The first-order chi connectivity index (χ1) is 8.93. The lowest BCUT2D eigenvalue weighted by atomic mass is 9.92. The number of rotatable bonds is 2. The number of methoxy groups -OCH3 is 1. The van der Waals surface area contributed by atoms with E-state index >= 15 is 0 Å². The number of carbonyl (C=O) groups excluding carboxylic acids is 1. The average molecular weight is 330 g/mol. The molecule has 1 fully saturated rings. The van der Waals surface area contributed by atoms with Crippen molar-refractivity contribution in [3.05, 3.63) is 10.2 Å². The molecule has 6 heteroatoms. The Kier molecular flexibility index (Phi) is 4.18. The van der Waals surface area contributed by atoms with Crippen molar-refractivity contribution < 1.29 is 9.53 Å². The van der Waals surface area contributed by atoms with Gasteiger partial charge in [0.05, 0.1) is 7.11 Å². The third-order valence-electron chi connectivity index (χ3n) is 3.49. The van der Waals surface area contributed by atoms with Crippen LogP contribution in [0, 0.1) is 11.8 Å². The third-order valence-corrected chi connectivity index (χ3v) is 4.21. The summed E-state index contributed by atoms with van der Waals surface area (Å²) in [6.45, 7) is 5.97. The summed E-state index contributed by atoms with van der Waals surface area (Å²) in [6.07, 6.45) is 1.18. The Bertz CT molecular complexity index is 476. The van der Waals surface area contributed by atoms with Crippen LogP contribution in [0.2, 0.25) is 0 Å². The van der Waals surface area contributed by atoms with Crippen LogP contribution in [0.25, 0.3) is 0 Å². The first kappa shape index (κ1) is 14.4. The third kappa shape index (κ3) is 2.78. The Hall–Kier alpha value is -1.04. The minimum Gasteiger partial charge on any atom is -0.480 e. The molecule has 0 bridgehead atoms. The molecule has 106 valence electrons. The fourth-order valence-electron chi connectivity index (χ4n) is 2.82. The van der Waals surface area contributed by atoms with E-state index in [9.17, 15) is 4.79 Å². The summed E-state index contributed by atoms with van der Waals surface area (Å²) < 4.78 is 7.43. The number of halogens is 1. The summed E-state index contributed by atoms with van der Waals surface area (Å²) in [7, 11) is 3.34. The van der Waals surface area contributed by atoms with Crippen molar-refractivity contribution in [2.45, 2.75) is 20.3 Å². The molecule has 1 aliphatic heterocycles. The van der Waals surface area contributed by atoms with Crippen LogP contribution < -0.4 is 4.74 Å². The predicted molar refractivity (Wildman–Crippen MR) is 76.3 cm³/mol. The second-order valence-corrected chi connectivity index (χ2v) is 6.24. The van der Waals surface area contributed by atoms with Gasteiger partial charge < -0.3 is 9.64 Å². The highest BCUT2D eigenvalue weighted by molar-refractivity contribution is 9.10. The van der Waals surface area contributed by atoms with Crippen molar-refractivity contribution in [3.8, 4) is 5.88 Å². The predicted octanol–water partition coefficient (Wildman–Crippen LogP) is 2.31. The van der Waals surface area contributed by atoms with Crippen LogP contribution in [0.3, 0.4) is 0 Å². The van der Waals surface area contributed by atoms with Gasteiger partial charge in [-0.3, -0.25) is 4.79 Å². The number of carbonyl (C=O) groups is 1. The number of ether oxygens (including phenoxy) is 1. The lowest BCUT2D eigenvalue weighted by Gasteiger charge is -2.34. The molecule has 2 heterocycles. The van der Waals surface area contributed by atoms with Gasteiger partial charge in [0, 0.05) is 20.1 Å². The van der Waals surface area contributed by atoms with Crippen LogP contribution in [0.4, 0.5) is 0 Å². The molecule has 0 saturated carbocycles. The summed E-state index contributed by atoms with van der Waals surface area (Å²) >= 11 is 3.40. The molecule has 1 saturated heterocycles. The van der Waals surface area contributed by atoms with E-state index in [1.807, 2.05) is 4.90 Å². The smallest absolute Gasteiger partial charge is 0.275 e. The van der Waals surface area contributed by atoms with Crippen LogP contribution in [0.1, 0.15) is 30.8 Å². The van der Waals surface area contributed by atoms with Crippen molar-refractivity contribution in [1.82, 2.24) is 14.7 Å². The Morgan fingerprint density at radius 1 is 1.37 bits per heavy atom. The zero-order valence-electron chi connectivity index (χ0n) is 11.8. The molecule has 1 aromatic heterocycles. The number of likely N-dealkylation sites (tertiary alicyclic amines) is 1. The van der Waals surface area contributed by atoms with E-state index in [2.05, 4.69) is 34.9 Å². The Morgan fingerprint density at radius 3 is 2.42 bits per heavy atom. The standard InChI is InChI=1S/C13H20BrN3O2/c1-8-5-9(2)7-17(6-8)12(18)11-10(14)13(19-4)16(3)15-11/h8-9H,5-7H2,1-4H3/t8-,9+. The summed E-state index contributed by atoms with van der Waals surface area (Å²) in [6, 6.07) is 0. The van der Waals surface area contributed by atoms with Crippen LogP contribution in [-0.2, 0) is 7.05 Å². The molecule has 2 atom stereocenters. The topological polar surface area (TPSA) is 47.4 Å². The van der Waals surface area contributed by atoms with Crippen molar-refractivity contribution >= 4 is 21.8 Å². The monoisotopic (exact) mass is 329 g/mol. The highest BCUT2D eigenvalue weighted by Gasteiger charge is 2.30. The molecule has 19 heavy (non-hydrogen) atoms. The zero-order chi connectivity index (χ0) is 14.2. The second kappa shape index (κ2) is 5.53. The van der Waals surface area contributed by atoms with Gasteiger partial charge in [-0.1, -0.05) is 13.8 Å². The number of piperidine rings is 1. The van der Waals surface area contributed by atoms with E-state index in [4.69, 9.17) is 4.74 Å². The lowest BCUT2D eigenvalue weighted by Crippen LogP contribution is -2.42. The van der Waals surface area contributed by atoms with Gasteiger partial charge in [0.15, 0.2) is 5.69 Å². The number of nitrogens with zero attached hydrogens (tertiary/aromatic N) is 3. The van der Waals surface area contributed by atoms with E-state index in [1.165, 1.54) is 6.42 Å². The molecule has 2 rings (SSSR count). The maximum absolute atomic E-state index is 12.6. The van der Waals surface area contributed by atoms with E-state index in [0.29, 0.717) is 27.9 Å². The fraction of sp³-hybridized carbons (Fsp3) is 0.692. The van der Waals surface area contributed by atoms with E-state index in [-0.39, 0.29) is 5.91 Å². The van der Waals surface area contributed by atoms with Crippen LogP contribution in [-0.4, -0.2) is 40.8 Å². The molecule has 0 radical (unpaired) electrons. The largest absolute Gasteiger partial charge is 0.480 e. The highest BCUT2D eigenvalue weighted by Crippen LogP contribution is 2.30. The maximum Gasteiger partial charge on any atom is 0.275 e. The Labute approximate surface area is 122 Å². The van der Waals surface area contributed by atoms with Crippen LogP contribution in [0.5, 0.6) is 5.88 Å². The van der Waals surface area contributed by atoms with Crippen LogP contribution in [0.15, 0.2) is 4.47 Å². The molecule has 0 aromatic carbocycles. The lowest BCUT2D eigenvalue weighted by molar-refractivity contribution is 0.0615. The molecular weight excluding hydrogens is 310 g/mol. The number of hydrogen-bond donors (Lipinski definition) is 0. The maximum atomic E-state index is 12.6. The van der Waals surface area contributed by atoms with Gasteiger partial charge in [-0.05, 0) is 34.2 Å². The average Bonchev–Trinajstić information content (AvgIpc) is 2.62. The number of amides is 1. The summed E-state index contributed by atoms with van der Waals surface area (Å²) in [5, 5.41) is 4.26. The van der Waals surface area contributed by atoms with Crippen molar-refractivity contribution in [2.75, 3.05) is 20.2 Å². The molecule has 0 aliphatic carbocycles. The van der Waals surface area contributed by atoms with Gasteiger partial charge in [-0.15, -0.1) is 0 Å². The minimum atomic E-state index is -0.0239. The Balaban J connectivity index is 2.24. The van der Waals surface area contributed by atoms with Gasteiger partial charge in [0.25, 0.3) is 5.91 Å². The number of hydrogen-bond acceptors (Lipinski definition) is 3. The van der Waals surface area contributed by atoms with Crippen molar-refractivity contribution in [3.63, 3.8) is 0 Å². The van der Waals surface area contributed by atoms with Gasteiger partial charge in [-0.25, -0.2) is 4.68 Å². The molecule has 1 amide bonds. The summed E-state index contributed by atoms with van der Waals surface area (Å²) in [4.78, 5) is 14.5. The van der Waals surface area contributed by atoms with Crippen LogP contribution >= 0.6 is 15.9 Å². The summed E-state index contributed by atoms with van der Waals surface area (Å²) in [5.41, 5.74) is 0.431. The first-order valence-corrected chi connectivity index (χ1v) is 7.29. The van der Waals surface area contributed by atoms with E-state index < -0.39 is 0 Å². The Morgan fingerprint density at radius 2 is 1.95 bits per heavy atom. The number of aryl methyl sites for hydroxylation is 1. The van der Waals surface area contributed by atoms with Crippen molar-refractivity contribution in [1.29, 1.82) is 0 Å².